The SMILES string of the molecule is CC(C)NC(=S)NNC(=O)c1ccccc1. The van der Waals surface area contributed by atoms with Crippen molar-refractivity contribution >= 4 is 23.2 Å². The number of nitrogens with one attached hydrogen (secondary N) is 3. The molecule has 0 spiro atoms. The Labute approximate surface area is 100 Å². The third kappa shape index (κ3) is 4.27. The highest BCUT2D eigenvalue weighted by Gasteiger charge is 2.04. The van der Waals surface area contributed by atoms with Crippen LogP contribution in [0.3, 0.4) is 0 Å². The number of carbonyl (C=O) groups is 1. The van der Waals surface area contributed by atoms with Gasteiger partial charge in [0.05, 0.1) is 0 Å². The van der Waals surface area contributed by atoms with Crippen molar-refractivity contribution < 1.29 is 4.79 Å². The molecule has 0 aliphatic rings. The number of rotatable bonds is 2. The van der Waals surface area contributed by atoms with Gasteiger partial charge in [-0.2, -0.15) is 0 Å². The second-order valence-corrected chi connectivity index (χ2v) is 3.98. The van der Waals surface area contributed by atoms with E-state index in [9.17, 15) is 4.79 Å². The molecule has 0 aliphatic heterocycles. The Bertz CT molecular complexity index is 365. The van der Waals surface area contributed by atoms with E-state index in [1.165, 1.54) is 0 Å². The van der Waals surface area contributed by atoms with Crippen LogP contribution in [0.15, 0.2) is 30.3 Å². The zero-order chi connectivity index (χ0) is 12.0. The van der Waals surface area contributed by atoms with E-state index < -0.39 is 0 Å². The number of hydrazine groups is 1. The Morgan fingerprint density at radius 2 is 1.81 bits per heavy atom. The van der Waals surface area contributed by atoms with Crippen molar-refractivity contribution in [3.63, 3.8) is 0 Å². The van der Waals surface area contributed by atoms with Crippen LogP contribution in [0.5, 0.6) is 0 Å². The second kappa shape index (κ2) is 6.07. The highest BCUT2D eigenvalue weighted by atomic mass is 32.1. The maximum atomic E-state index is 11.6. The van der Waals surface area contributed by atoms with E-state index in [2.05, 4.69) is 16.2 Å². The van der Waals surface area contributed by atoms with Crippen LogP contribution >= 0.6 is 12.2 Å². The summed E-state index contributed by atoms with van der Waals surface area (Å²) in [6, 6.07) is 9.16. The average Bonchev–Trinajstić information content (AvgIpc) is 2.26. The molecule has 0 unspecified atom stereocenters. The standard InChI is InChI=1S/C11H15N3OS/c1-8(2)12-11(16)14-13-10(15)9-6-4-3-5-7-9/h3-8H,1-2H3,(H,13,15)(H2,12,14,16). The summed E-state index contributed by atoms with van der Waals surface area (Å²) in [5.41, 5.74) is 5.73. The lowest BCUT2D eigenvalue weighted by Gasteiger charge is -2.13. The Morgan fingerprint density at radius 3 is 2.38 bits per heavy atom. The van der Waals surface area contributed by atoms with Gasteiger partial charge >= 0.3 is 0 Å². The van der Waals surface area contributed by atoms with Crippen LogP contribution < -0.4 is 16.2 Å². The molecule has 1 aromatic carbocycles. The lowest BCUT2D eigenvalue weighted by atomic mass is 10.2. The fraction of sp³-hybridized carbons (Fsp3) is 0.273. The molecule has 0 fully saturated rings. The van der Waals surface area contributed by atoms with Crippen molar-refractivity contribution in [3.05, 3.63) is 35.9 Å². The summed E-state index contributed by atoms with van der Waals surface area (Å²) in [6.07, 6.45) is 0. The fourth-order valence-corrected chi connectivity index (χ4v) is 1.36. The maximum absolute atomic E-state index is 11.6. The van der Waals surface area contributed by atoms with Crippen molar-refractivity contribution in [2.24, 2.45) is 0 Å². The summed E-state index contributed by atoms with van der Waals surface area (Å²) in [4.78, 5) is 11.6. The normalized spacial score (nSPS) is 9.69. The van der Waals surface area contributed by atoms with Gasteiger partial charge in [0.1, 0.15) is 0 Å². The monoisotopic (exact) mass is 237 g/mol. The van der Waals surface area contributed by atoms with Crippen molar-refractivity contribution in [1.82, 2.24) is 16.2 Å². The van der Waals surface area contributed by atoms with E-state index in [4.69, 9.17) is 12.2 Å². The molecular weight excluding hydrogens is 222 g/mol. The third-order valence-corrected chi connectivity index (χ3v) is 1.97. The number of benzene rings is 1. The zero-order valence-corrected chi connectivity index (χ0v) is 10.1. The maximum Gasteiger partial charge on any atom is 0.269 e. The average molecular weight is 237 g/mol. The van der Waals surface area contributed by atoms with Crippen LogP contribution in [0, 0.1) is 0 Å². The van der Waals surface area contributed by atoms with Gasteiger partial charge in [0, 0.05) is 11.6 Å². The third-order valence-electron chi connectivity index (χ3n) is 1.75. The molecule has 0 saturated carbocycles. The first-order valence-corrected chi connectivity index (χ1v) is 5.42. The lowest BCUT2D eigenvalue weighted by molar-refractivity contribution is 0.0943. The molecule has 0 saturated heterocycles. The van der Waals surface area contributed by atoms with Gasteiger partial charge in [-0.1, -0.05) is 18.2 Å². The van der Waals surface area contributed by atoms with Crippen molar-refractivity contribution in [2.75, 3.05) is 0 Å². The second-order valence-electron chi connectivity index (χ2n) is 3.57. The van der Waals surface area contributed by atoms with Gasteiger partial charge in [-0.3, -0.25) is 15.6 Å². The van der Waals surface area contributed by atoms with Crippen molar-refractivity contribution in [3.8, 4) is 0 Å². The molecule has 1 amide bonds. The van der Waals surface area contributed by atoms with E-state index in [1.807, 2.05) is 19.9 Å². The van der Waals surface area contributed by atoms with E-state index in [0.29, 0.717) is 10.7 Å². The van der Waals surface area contributed by atoms with E-state index in [0.717, 1.165) is 0 Å². The number of thiocarbonyl (C=S) groups is 1. The summed E-state index contributed by atoms with van der Waals surface area (Å²) in [6.45, 7) is 3.93. The van der Waals surface area contributed by atoms with E-state index in [1.54, 1.807) is 24.3 Å². The number of carbonyl (C=O) groups excluding carboxylic acids is 1. The first-order valence-electron chi connectivity index (χ1n) is 5.01. The Hall–Kier alpha value is -1.62. The smallest absolute Gasteiger partial charge is 0.269 e. The van der Waals surface area contributed by atoms with E-state index >= 15 is 0 Å². The molecule has 0 radical (unpaired) electrons. The summed E-state index contributed by atoms with van der Waals surface area (Å²) < 4.78 is 0. The lowest BCUT2D eigenvalue weighted by Crippen LogP contribution is -2.48. The highest BCUT2D eigenvalue weighted by Crippen LogP contribution is 1.96. The van der Waals surface area contributed by atoms with Gasteiger partial charge in [0.15, 0.2) is 5.11 Å². The molecule has 4 nitrogen and oxygen atoms in total. The van der Waals surface area contributed by atoms with Gasteiger partial charge < -0.3 is 5.32 Å². The van der Waals surface area contributed by atoms with Crippen LogP contribution in [0.1, 0.15) is 24.2 Å². The minimum atomic E-state index is -0.214. The summed E-state index contributed by atoms with van der Waals surface area (Å²) in [7, 11) is 0. The van der Waals surface area contributed by atoms with Crippen molar-refractivity contribution in [1.29, 1.82) is 0 Å². The minimum Gasteiger partial charge on any atom is -0.359 e. The predicted molar refractivity (Wildman–Crippen MR) is 67.9 cm³/mol. The zero-order valence-electron chi connectivity index (χ0n) is 9.28. The van der Waals surface area contributed by atoms with Gasteiger partial charge in [-0.15, -0.1) is 0 Å². The fourth-order valence-electron chi connectivity index (χ4n) is 1.07. The van der Waals surface area contributed by atoms with Crippen LogP contribution in [-0.2, 0) is 0 Å². The van der Waals surface area contributed by atoms with E-state index in [-0.39, 0.29) is 11.9 Å². The molecule has 1 aromatic rings. The molecule has 1 rings (SSSR count). The largest absolute Gasteiger partial charge is 0.359 e. The number of hydrogen-bond donors (Lipinski definition) is 3. The Morgan fingerprint density at radius 1 is 1.19 bits per heavy atom. The molecule has 5 heteroatoms. The number of amides is 1. The highest BCUT2D eigenvalue weighted by molar-refractivity contribution is 7.80. The molecule has 16 heavy (non-hydrogen) atoms. The first kappa shape index (κ1) is 12.4. The molecule has 0 atom stereocenters. The minimum absolute atomic E-state index is 0.214. The Kier molecular flexibility index (Phi) is 4.72. The van der Waals surface area contributed by atoms with Crippen LogP contribution in [-0.4, -0.2) is 17.1 Å². The molecular formula is C11H15N3OS. The van der Waals surface area contributed by atoms with Crippen molar-refractivity contribution in [2.45, 2.75) is 19.9 Å². The molecule has 0 aromatic heterocycles. The summed E-state index contributed by atoms with van der Waals surface area (Å²) in [5.74, 6) is -0.214. The molecule has 0 bridgehead atoms. The molecule has 86 valence electrons. The van der Waals surface area contributed by atoms with Crippen LogP contribution in [0.25, 0.3) is 0 Å². The molecule has 3 N–H and O–H groups in total. The predicted octanol–water partition coefficient (Wildman–Crippen LogP) is 1.20. The number of hydrogen-bond acceptors (Lipinski definition) is 2. The first-order chi connectivity index (χ1) is 7.59. The van der Waals surface area contributed by atoms with Crippen LogP contribution in [0.2, 0.25) is 0 Å². The van der Waals surface area contributed by atoms with Gasteiger partial charge in [-0.25, -0.2) is 0 Å². The van der Waals surface area contributed by atoms with Gasteiger partial charge in [0.25, 0.3) is 5.91 Å². The van der Waals surface area contributed by atoms with Gasteiger partial charge in [0.2, 0.25) is 0 Å². The topological polar surface area (TPSA) is 53.2 Å². The molecule has 0 aliphatic carbocycles. The van der Waals surface area contributed by atoms with Gasteiger partial charge in [-0.05, 0) is 38.2 Å². The molecule has 0 heterocycles. The quantitative estimate of drug-likeness (QED) is 0.534. The summed E-state index contributed by atoms with van der Waals surface area (Å²) in [5, 5.41) is 3.36. The Balaban J connectivity index is 2.39. The summed E-state index contributed by atoms with van der Waals surface area (Å²) >= 11 is 4.96. The van der Waals surface area contributed by atoms with Crippen LogP contribution in [0.4, 0.5) is 0 Å².